The number of thioether (sulfide) groups is 1. The van der Waals surface area contributed by atoms with Crippen LogP contribution in [0.2, 0.25) is 0 Å². The van der Waals surface area contributed by atoms with Crippen molar-refractivity contribution in [1.29, 1.82) is 5.26 Å². The molecule has 1 atom stereocenters. The van der Waals surface area contributed by atoms with Gasteiger partial charge in [-0.3, -0.25) is 0 Å². The summed E-state index contributed by atoms with van der Waals surface area (Å²) in [5.41, 5.74) is 4.27. The Kier molecular flexibility index (Phi) is 6.64. The van der Waals surface area contributed by atoms with E-state index in [4.69, 9.17) is 9.72 Å². The molecule has 5 heteroatoms. The Morgan fingerprint density at radius 3 is 2.61 bits per heavy atom. The van der Waals surface area contributed by atoms with Crippen molar-refractivity contribution in [1.82, 2.24) is 4.98 Å². The highest BCUT2D eigenvalue weighted by molar-refractivity contribution is 7.99. The number of hydrogen-bond acceptors (Lipinski definition) is 5. The molecule has 0 fully saturated rings. The molecule has 0 saturated heterocycles. The van der Waals surface area contributed by atoms with E-state index in [9.17, 15) is 10.4 Å². The molecule has 28 heavy (non-hydrogen) atoms. The summed E-state index contributed by atoms with van der Waals surface area (Å²) in [6.07, 6.45) is 3.67. The Hall–Kier alpha value is -2.03. The second kappa shape index (κ2) is 8.98. The maximum Gasteiger partial charge on any atom is 0.119 e. The largest absolute Gasteiger partial charge is 0.491 e. The molecule has 2 aromatic rings. The number of ether oxygens (including phenoxy) is 1. The Morgan fingerprint density at radius 2 is 1.93 bits per heavy atom. The summed E-state index contributed by atoms with van der Waals surface area (Å²) in [7, 11) is 0. The van der Waals surface area contributed by atoms with E-state index < -0.39 is 6.10 Å². The number of aromatic nitrogens is 1. The maximum absolute atomic E-state index is 10.3. The average molecular weight is 397 g/mol. The van der Waals surface area contributed by atoms with Crippen molar-refractivity contribution in [2.75, 3.05) is 12.4 Å². The van der Waals surface area contributed by atoms with E-state index in [1.165, 1.54) is 29.3 Å². The van der Waals surface area contributed by atoms with Crippen molar-refractivity contribution in [3.63, 3.8) is 0 Å². The average Bonchev–Trinajstić information content (AvgIpc) is 2.69. The van der Waals surface area contributed by atoms with Crippen molar-refractivity contribution in [3.8, 4) is 11.8 Å². The van der Waals surface area contributed by atoms with Gasteiger partial charge in [0.05, 0.1) is 11.7 Å². The van der Waals surface area contributed by atoms with Gasteiger partial charge in [-0.2, -0.15) is 5.26 Å². The number of fused-ring (bicyclic) bond motifs is 1. The van der Waals surface area contributed by atoms with Gasteiger partial charge >= 0.3 is 0 Å². The lowest BCUT2D eigenvalue weighted by molar-refractivity contribution is 0.126. The molecule has 0 radical (unpaired) electrons. The molecular weight excluding hydrogens is 368 g/mol. The standard InChI is InChI=1S/C23H28N2O2S/c1-23(2,3)18-8-10-20(11-9-18)27-14-19(26)15-28-22-17(13-24)12-16-6-4-5-7-21(16)25-22/h8-12,19,26H,4-7,14-15H2,1-3H3. The van der Waals surface area contributed by atoms with E-state index in [-0.39, 0.29) is 12.0 Å². The van der Waals surface area contributed by atoms with Crippen LogP contribution in [0, 0.1) is 11.3 Å². The molecular formula is C23H28N2O2S. The zero-order valence-corrected chi connectivity index (χ0v) is 17.7. The first-order valence-corrected chi connectivity index (χ1v) is 10.8. The van der Waals surface area contributed by atoms with Gasteiger partial charge in [-0.25, -0.2) is 4.98 Å². The summed E-state index contributed by atoms with van der Waals surface area (Å²) in [5, 5.41) is 20.4. The number of nitriles is 1. The van der Waals surface area contributed by atoms with Crippen molar-refractivity contribution in [2.24, 2.45) is 0 Å². The van der Waals surface area contributed by atoms with E-state index in [2.05, 4.69) is 39.0 Å². The van der Waals surface area contributed by atoms with Crippen LogP contribution in [0.1, 0.15) is 56.0 Å². The fraction of sp³-hybridized carbons (Fsp3) is 0.478. The van der Waals surface area contributed by atoms with Crippen molar-refractivity contribution >= 4 is 11.8 Å². The number of nitrogens with zero attached hydrogens (tertiary/aromatic N) is 2. The lowest BCUT2D eigenvalue weighted by Crippen LogP contribution is -2.20. The summed E-state index contributed by atoms with van der Waals surface area (Å²) in [5.74, 6) is 1.20. The molecule has 0 aliphatic heterocycles. The van der Waals surface area contributed by atoms with Crippen LogP contribution in [-0.2, 0) is 18.3 Å². The first kappa shape index (κ1) is 20.7. The van der Waals surface area contributed by atoms with Crippen LogP contribution in [0.4, 0.5) is 0 Å². The smallest absolute Gasteiger partial charge is 0.119 e. The van der Waals surface area contributed by atoms with E-state index in [1.807, 2.05) is 18.2 Å². The quantitative estimate of drug-likeness (QED) is 0.719. The highest BCUT2D eigenvalue weighted by Crippen LogP contribution is 2.28. The highest BCUT2D eigenvalue weighted by Gasteiger charge is 2.17. The van der Waals surface area contributed by atoms with Gasteiger partial charge in [0.2, 0.25) is 0 Å². The Morgan fingerprint density at radius 1 is 1.21 bits per heavy atom. The maximum atomic E-state index is 10.3. The van der Waals surface area contributed by atoms with Gasteiger partial charge in [0.15, 0.2) is 0 Å². The molecule has 1 aromatic heterocycles. The summed E-state index contributed by atoms with van der Waals surface area (Å²) in [4.78, 5) is 4.70. The van der Waals surface area contributed by atoms with E-state index in [1.54, 1.807) is 0 Å². The second-order valence-corrected chi connectivity index (χ2v) is 9.32. The van der Waals surface area contributed by atoms with Gasteiger partial charge < -0.3 is 9.84 Å². The van der Waals surface area contributed by atoms with Crippen molar-refractivity contribution < 1.29 is 9.84 Å². The van der Waals surface area contributed by atoms with Gasteiger partial charge in [0.1, 0.15) is 23.5 Å². The zero-order valence-electron chi connectivity index (χ0n) is 16.9. The molecule has 1 unspecified atom stereocenters. The third kappa shape index (κ3) is 5.27. The first-order chi connectivity index (χ1) is 13.4. The van der Waals surface area contributed by atoms with Crippen LogP contribution in [0.5, 0.6) is 5.75 Å². The molecule has 0 spiro atoms. The third-order valence-electron chi connectivity index (χ3n) is 4.96. The van der Waals surface area contributed by atoms with Gasteiger partial charge in [-0.05, 0) is 60.4 Å². The predicted molar refractivity (Wildman–Crippen MR) is 113 cm³/mol. The number of benzene rings is 1. The van der Waals surface area contributed by atoms with Crippen LogP contribution < -0.4 is 4.74 Å². The Bertz CT molecular complexity index is 851. The van der Waals surface area contributed by atoms with Crippen LogP contribution in [-0.4, -0.2) is 28.6 Å². The molecule has 3 rings (SSSR count). The Balaban J connectivity index is 1.54. The minimum absolute atomic E-state index is 0.106. The molecule has 1 aliphatic carbocycles. The predicted octanol–water partition coefficient (Wildman–Crippen LogP) is 4.66. The second-order valence-electron chi connectivity index (χ2n) is 8.32. The summed E-state index contributed by atoms with van der Waals surface area (Å²) < 4.78 is 5.72. The molecule has 0 saturated carbocycles. The number of aliphatic hydroxyl groups excluding tert-OH is 1. The topological polar surface area (TPSA) is 66.1 Å². The number of hydrogen-bond donors (Lipinski definition) is 1. The van der Waals surface area contributed by atoms with Gasteiger partial charge in [-0.1, -0.05) is 32.9 Å². The first-order valence-electron chi connectivity index (χ1n) is 9.84. The number of aryl methyl sites for hydroxylation is 2. The van der Waals surface area contributed by atoms with E-state index >= 15 is 0 Å². The summed E-state index contributed by atoms with van der Waals surface area (Å²) in [6, 6.07) is 12.2. The van der Waals surface area contributed by atoms with Crippen LogP contribution >= 0.6 is 11.8 Å². The molecule has 0 amide bonds. The number of aliphatic hydroxyl groups is 1. The van der Waals surface area contributed by atoms with Gasteiger partial charge in [-0.15, -0.1) is 11.8 Å². The summed E-state index contributed by atoms with van der Waals surface area (Å²) in [6.45, 7) is 6.74. The van der Waals surface area contributed by atoms with Crippen molar-refractivity contribution in [3.05, 3.63) is 52.7 Å². The summed E-state index contributed by atoms with van der Waals surface area (Å²) >= 11 is 1.43. The molecule has 1 aliphatic rings. The molecule has 148 valence electrons. The minimum Gasteiger partial charge on any atom is -0.491 e. The van der Waals surface area contributed by atoms with E-state index in [0.29, 0.717) is 11.3 Å². The van der Waals surface area contributed by atoms with Gasteiger partial charge in [0.25, 0.3) is 0 Å². The fourth-order valence-corrected chi connectivity index (χ4v) is 4.15. The monoisotopic (exact) mass is 396 g/mol. The highest BCUT2D eigenvalue weighted by atomic mass is 32.2. The lowest BCUT2D eigenvalue weighted by Gasteiger charge is -2.19. The SMILES string of the molecule is CC(C)(C)c1ccc(OCC(O)CSc2nc3c(cc2C#N)CCCC3)cc1. The minimum atomic E-state index is -0.628. The molecule has 1 aromatic carbocycles. The van der Waals surface area contributed by atoms with E-state index in [0.717, 1.165) is 35.7 Å². The normalized spacial score (nSPS) is 14.8. The number of rotatable bonds is 6. The zero-order chi connectivity index (χ0) is 20.1. The molecule has 4 nitrogen and oxygen atoms in total. The van der Waals surface area contributed by atoms with Crippen LogP contribution in [0.3, 0.4) is 0 Å². The molecule has 0 bridgehead atoms. The van der Waals surface area contributed by atoms with Crippen LogP contribution in [0.25, 0.3) is 0 Å². The molecule has 1 N–H and O–H groups in total. The third-order valence-corrected chi connectivity index (χ3v) is 6.10. The number of pyridine rings is 1. The lowest BCUT2D eigenvalue weighted by atomic mass is 9.87. The van der Waals surface area contributed by atoms with Gasteiger partial charge in [0, 0.05) is 11.4 Å². The molecule has 1 heterocycles. The fourth-order valence-electron chi connectivity index (χ4n) is 3.27. The van der Waals surface area contributed by atoms with Crippen LogP contribution in [0.15, 0.2) is 35.4 Å². The van der Waals surface area contributed by atoms with Crippen molar-refractivity contribution in [2.45, 2.75) is 63.0 Å². The Labute approximate surface area is 172 Å².